The van der Waals surface area contributed by atoms with Crippen molar-refractivity contribution >= 4 is 18.1 Å². The number of carbonyl (C=O) groups is 2. The number of hydrogen-bond acceptors (Lipinski definition) is 4. The second-order valence-corrected chi connectivity index (χ2v) is 6.76. The number of nitrogens with zero attached hydrogens (tertiary/aromatic N) is 2. The molecule has 6 heteroatoms. The number of hydrogen-bond donors (Lipinski definition) is 2. The molecule has 0 aliphatic carbocycles. The zero-order chi connectivity index (χ0) is 18.7. The minimum atomic E-state index is -0.984. The number of fused-ring (bicyclic) bond motifs is 1. The Morgan fingerprint density at radius 3 is 2.64 bits per heavy atom. The van der Waals surface area contributed by atoms with Crippen molar-refractivity contribution in [1.82, 2.24) is 4.90 Å². The molecular formula is C19H25N3O3. The number of rotatable bonds is 5. The van der Waals surface area contributed by atoms with Crippen LogP contribution in [0.2, 0.25) is 0 Å². The highest BCUT2D eigenvalue weighted by molar-refractivity contribution is 6.02. The van der Waals surface area contributed by atoms with E-state index in [-0.39, 0.29) is 11.8 Å². The number of aliphatic carboxylic acids is 1. The van der Waals surface area contributed by atoms with Crippen LogP contribution < -0.4 is 5.73 Å². The van der Waals surface area contributed by atoms with Gasteiger partial charge in [0.2, 0.25) is 0 Å². The third-order valence-electron chi connectivity index (χ3n) is 4.32. The summed E-state index contributed by atoms with van der Waals surface area (Å²) in [6.45, 7) is 6.30. The van der Waals surface area contributed by atoms with Crippen LogP contribution >= 0.6 is 0 Å². The Labute approximate surface area is 148 Å². The molecule has 0 spiro atoms. The van der Waals surface area contributed by atoms with Gasteiger partial charge in [0.25, 0.3) is 5.91 Å². The highest BCUT2D eigenvalue weighted by Gasteiger charge is 2.45. The summed E-state index contributed by atoms with van der Waals surface area (Å²) in [5.41, 5.74) is 8.17. The van der Waals surface area contributed by atoms with Gasteiger partial charge >= 0.3 is 5.97 Å². The summed E-state index contributed by atoms with van der Waals surface area (Å²) in [4.78, 5) is 30.8. The standard InChI is InChI=1S/C19H25N3O3/c1-11(2)10-22-17(13(8-20)9-21-4)16(19(24)25)15-7-12(3)5-6-14(15)18(22)23/h5-9,11,16-17H,10,20H2,1-4H3,(H,24,25). The van der Waals surface area contributed by atoms with E-state index in [4.69, 9.17) is 5.73 Å². The average Bonchev–Trinajstić information content (AvgIpc) is 2.54. The first-order valence-corrected chi connectivity index (χ1v) is 8.30. The van der Waals surface area contributed by atoms with Crippen LogP contribution in [0.4, 0.5) is 0 Å². The van der Waals surface area contributed by atoms with Gasteiger partial charge in [0, 0.05) is 37.1 Å². The van der Waals surface area contributed by atoms with Crippen molar-refractivity contribution in [2.24, 2.45) is 16.6 Å². The van der Waals surface area contributed by atoms with Crippen molar-refractivity contribution in [1.29, 1.82) is 0 Å². The zero-order valence-electron chi connectivity index (χ0n) is 15.1. The van der Waals surface area contributed by atoms with Crippen LogP contribution in [-0.2, 0) is 4.79 Å². The first kappa shape index (κ1) is 18.7. The van der Waals surface area contributed by atoms with Crippen molar-refractivity contribution in [3.63, 3.8) is 0 Å². The Morgan fingerprint density at radius 2 is 2.12 bits per heavy atom. The van der Waals surface area contributed by atoms with Gasteiger partial charge in [-0.1, -0.05) is 31.5 Å². The Kier molecular flexibility index (Phi) is 5.62. The third-order valence-corrected chi connectivity index (χ3v) is 4.32. The Hall–Kier alpha value is -2.63. The van der Waals surface area contributed by atoms with E-state index in [2.05, 4.69) is 4.99 Å². The molecule has 0 aromatic heterocycles. The number of aryl methyl sites for hydroxylation is 1. The lowest BCUT2D eigenvalue weighted by Crippen LogP contribution is -2.52. The second-order valence-electron chi connectivity index (χ2n) is 6.76. The van der Waals surface area contributed by atoms with Crippen molar-refractivity contribution < 1.29 is 14.7 Å². The lowest BCUT2D eigenvalue weighted by Gasteiger charge is -2.41. The molecule has 1 aromatic rings. The molecule has 0 fully saturated rings. The molecule has 2 unspecified atom stereocenters. The molecule has 2 rings (SSSR count). The van der Waals surface area contributed by atoms with E-state index in [0.717, 1.165) is 5.56 Å². The van der Waals surface area contributed by atoms with Gasteiger partial charge in [-0.15, -0.1) is 0 Å². The summed E-state index contributed by atoms with van der Waals surface area (Å²) in [5.74, 6) is -1.86. The van der Waals surface area contributed by atoms with Crippen LogP contribution in [-0.4, -0.2) is 47.7 Å². The second kappa shape index (κ2) is 7.51. The van der Waals surface area contributed by atoms with Gasteiger partial charge < -0.3 is 15.7 Å². The van der Waals surface area contributed by atoms with Gasteiger partial charge in [-0.25, -0.2) is 0 Å². The molecule has 2 atom stereocenters. The molecule has 134 valence electrons. The van der Waals surface area contributed by atoms with E-state index >= 15 is 0 Å². The summed E-state index contributed by atoms with van der Waals surface area (Å²) in [7, 11) is 1.59. The normalized spacial score (nSPS) is 21.1. The highest BCUT2D eigenvalue weighted by atomic mass is 16.4. The highest BCUT2D eigenvalue weighted by Crippen LogP contribution is 2.37. The maximum atomic E-state index is 13.1. The van der Waals surface area contributed by atoms with Gasteiger partial charge in [-0.05, 0) is 24.5 Å². The first-order valence-electron chi connectivity index (χ1n) is 8.30. The maximum Gasteiger partial charge on any atom is 0.313 e. The molecule has 1 aromatic carbocycles. The third kappa shape index (κ3) is 3.57. The molecule has 1 aliphatic heterocycles. The van der Waals surface area contributed by atoms with Crippen LogP contribution in [0.15, 0.2) is 35.0 Å². The van der Waals surface area contributed by atoms with Gasteiger partial charge in [0.05, 0.1) is 6.04 Å². The summed E-state index contributed by atoms with van der Waals surface area (Å²) < 4.78 is 0. The maximum absolute atomic E-state index is 13.1. The first-order chi connectivity index (χ1) is 11.8. The van der Waals surface area contributed by atoms with E-state index < -0.39 is 17.9 Å². The molecule has 1 heterocycles. The quantitative estimate of drug-likeness (QED) is 0.801. The van der Waals surface area contributed by atoms with Crippen molar-refractivity contribution in [2.75, 3.05) is 13.6 Å². The van der Waals surface area contributed by atoms with Crippen molar-refractivity contribution in [3.8, 4) is 0 Å². The van der Waals surface area contributed by atoms with Crippen molar-refractivity contribution in [2.45, 2.75) is 32.7 Å². The number of nitrogens with two attached hydrogens (primary N) is 1. The zero-order valence-corrected chi connectivity index (χ0v) is 15.1. The lowest BCUT2D eigenvalue weighted by molar-refractivity contribution is -0.140. The van der Waals surface area contributed by atoms with Crippen LogP contribution in [0.25, 0.3) is 0 Å². The van der Waals surface area contributed by atoms with Crippen LogP contribution in [0.5, 0.6) is 0 Å². The summed E-state index contributed by atoms with van der Waals surface area (Å²) in [5, 5.41) is 9.95. The molecular weight excluding hydrogens is 318 g/mol. The number of carboxylic acid groups (broad SMARTS) is 1. The lowest BCUT2D eigenvalue weighted by atomic mass is 9.79. The fourth-order valence-corrected chi connectivity index (χ4v) is 3.36. The van der Waals surface area contributed by atoms with E-state index in [1.54, 1.807) is 24.1 Å². The molecule has 3 N–H and O–H groups in total. The smallest absolute Gasteiger partial charge is 0.313 e. The topological polar surface area (TPSA) is 96.0 Å². The SMILES string of the molecule is CN=CC(=CN)C1C(C(=O)O)c2cc(C)ccc2C(=O)N1CC(C)C. The number of amides is 1. The fourth-order valence-electron chi connectivity index (χ4n) is 3.36. The minimum Gasteiger partial charge on any atom is -0.481 e. The summed E-state index contributed by atoms with van der Waals surface area (Å²) in [6.07, 6.45) is 2.87. The predicted molar refractivity (Wildman–Crippen MR) is 97.9 cm³/mol. The molecule has 0 bridgehead atoms. The van der Waals surface area contributed by atoms with Gasteiger partial charge in [-0.3, -0.25) is 14.6 Å². The van der Waals surface area contributed by atoms with Crippen LogP contribution in [0.1, 0.15) is 41.3 Å². The molecule has 25 heavy (non-hydrogen) atoms. The van der Waals surface area contributed by atoms with Gasteiger partial charge in [0.15, 0.2) is 0 Å². The predicted octanol–water partition coefficient (Wildman–Crippen LogP) is 2.19. The largest absolute Gasteiger partial charge is 0.481 e. The van der Waals surface area contributed by atoms with Crippen molar-refractivity contribution in [3.05, 3.63) is 46.7 Å². The van der Waals surface area contributed by atoms with E-state index in [9.17, 15) is 14.7 Å². The minimum absolute atomic E-state index is 0.171. The van der Waals surface area contributed by atoms with Gasteiger partial charge in [-0.2, -0.15) is 0 Å². The number of aliphatic imine (C=N–C) groups is 1. The molecule has 1 amide bonds. The molecule has 0 saturated heterocycles. The Balaban J connectivity index is 2.73. The molecule has 1 aliphatic rings. The van der Waals surface area contributed by atoms with E-state index in [0.29, 0.717) is 23.2 Å². The summed E-state index contributed by atoms with van der Waals surface area (Å²) in [6, 6.07) is 4.64. The van der Waals surface area contributed by atoms with Gasteiger partial charge in [0.1, 0.15) is 5.92 Å². The number of carbonyl (C=O) groups excluding carboxylic acids is 1. The average molecular weight is 343 g/mol. The summed E-state index contributed by atoms with van der Waals surface area (Å²) >= 11 is 0. The Bertz CT molecular complexity index is 737. The number of carboxylic acids is 1. The molecule has 0 saturated carbocycles. The monoisotopic (exact) mass is 343 g/mol. The molecule has 6 nitrogen and oxygen atoms in total. The fraction of sp³-hybridized carbons (Fsp3) is 0.421. The van der Waals surface area contributed by atoms with E-state index in [1.165, 1.54) is 12.4 Å². The number of benzene rings is 1. The van der Waals surface area contributed by atoms with Crippen LogP contribution in [0.3, 0.4) is 0 Å². The molecule has 0 radical (unpaired) electrons. The van der Waals surface area contributed by atoms with E-state index in [1.807, 2.05) is 26.8 Å². The Morgan fingerprint density at radius 1 is 1.44 bits per heavy atom. The van der Waals surface area contributed by atoms with Crippen LogP contribution in [0, 0.1) is 12.8 Å².